The molecule has 4 heavy (non-hydrogen) atoms. The summed E-state index contributed by atoms with van der Waals surface area (Å²) in [6.07, 6.45) is 0. The average Bonchev–Trinajstić information content (AvgIpc) is 1.00. The van der Waals surface area contributed by atoms with E-state index in [1.165, 1.54) is 0 Å². The third-order valence-corrected chi connectivity index (χ3v) is 0. The first-order valence-corrected chi connectivity index (χ1v) is 0.612. The molecule has 0 amide bonds. The van der Waals surface area contributed by atoms with Gasteiger partial charge in [-0.3, -0.25) is 0 Å². The van der Waals surface area contributed by atoms with Gasteiger partial charge in [-0.2, -0.15) is 0 Å². The van der Waals surface area contributed by atoms with E-state index >= 15 is 0 Å². The van der Waals surface area contributed by atoms with Crippen molar-refractivity contribution < 1.29 is 9.94 Å². The largest absolute Gasteiger partial charge is 0.412 e. The molecule has 4 heteroatoms. The minimum Gasteiger partial charge on any atom is -0.412 e. The van der Waals surface area contributed by atoms with Crippen LogP contribution in [-0.4, -0.2) is 15.6 Å². The van der Waals surface area contributed by atoms with Crippen molar-refractivity contribution in [1.29, 1.82) is 0 Å². The molecule has 0 aliphatic carbocycles. The van der Waals surface area contributed by atoms with E-state index < -0.39 is 0 Å². The van der Waals surface area contributed by atoms with Gasteiger partial charge in [-0.05, 0) is 0 Å². The summed E-state index contributed by atoms with van der Waals surface area (Å²) in [7, 11) is 1.72. The Hall–Kier alpha value is -0.0631. The third-order valence-electron chi connectivity index (χ3n) is 0. The van der Waals surface area contributed by atoms with Gasteiger partial charge in [0.15, 0.2) is 0 Å². The van der Waals surface area contributed by atoms with Crippen LogP contribution in [0.5, 0.6) is 0 Å². The van der Waals surface area contributed by atoms with Crippen molar-refractivity contribution in [2.24, 2.45) is 0 Å². The average molecular weight is 79.1 g/mol. The Balaban J connectivity index is -0.00000000500. The Morgan fingerprint density at radius 3 is 1.25 bits per heavy atom. The normalized spacial score (nSPS) is 1.00. The molecule has 0 aliphatic heterocycles. The van der Waals surface area contributed by atoms with Gasteiger partial charge >= 0.3 is 10.1 Å². The molecule has 0 atom stereocenters. The molecule has 0 aromatic heterocycles. The maximum Gasteiger partial charge on any atom is 0.381 e. The van der Waals surface area contributed by atoms with Crippen LogP contribution in [0.2, 0.25) is 0 Å². The minimum absolute atomic E-state index is 0. The smallest absolute Gasteiger partial charge is 0.381 e. The number of hydrogen-bond acceptors (Lipinski definition) is 2. The first-order chi connectivity index (χ1) is 1.00. The topological polar surface area (TPSA) is 83.6 Å². The Kier molecular flexibility index (Phi) is 26700. The second-order valence-electron chi connectivity index (χ2n) is 0. The SMILES string of the molecule is N.O.O=[Si]. The molecule has 0 aromatic carbocycles. The molecule has 0 aromatic rings. The van der Waals surface area contributed by atoms with Gasteiger partial charge < -0.3 is 16.1 Å². The van der Waals surface area contributed by atoms with E-state index in [1.807, 2.05) is 0 Å². The van der Waals surface area contributed by atoms with Gasteiger partial charge in [-0.25, -0.2) is 0 Å². The summed E-state index contributed by atoms with van der Waals surface area (Å²) in [6, 6.07) is 0. The Labute approximate surface area is 27.4 Å². The van der Waals surface area contributed by atoms with Crippen molar-refractivity contribution in [2.75, 3.05) is 0 Å². The molecule has 0 bridgehead atoms. The van der Waals surface area contributed by atoms with E-state index in [0.29, 0.717) is 0 Å². The van der Waals surface area contributed by atoms with Crippen LogP contribution in [0.1, 0.15) is 0 Å². The van der Waals surface area contributed by atoms with Crippen LogP contribution >= 0.6 is 0 Å². The zero-order valence-electron chi connectivity index (χ0n) is 2.12. The molecule has 0 aliphatic rings. The predicted molar refractivity (Wildman–Crippen MR) is 15.1 cm³/mol. The van der Waals surface area contributed by atoms with E-state index in [4.69, 9.17) is 4.46 Å². The quantitative estimate of drug-likeness (QED) is 0.371. The summed E-state index contributed by atoms with van der Waals surface area (Å²) in [6.45, 7) is 0. The molecule has 0 fully saturated rings. The van der Waals surface area contributed by atoms with Gasteiger partial charge in [-0.15, -0.1) is 0 Å². The second kappa shape index (κ2) is 2770. The van der Waals surface area contributed by atoms with Crippen LogP contribution in [-0.2, 0) is 4.46 Å². The highest BCUT2D eigenvalue weighted by Gasteiger charge is 0.803. The molecule has 5 N–H and O–H groups in total. The molecule has 3 nitrogen and oxygen atoms in total. The lowest BCUT2D eigenvalue weighted by molar-refractivity contribution is 0.590. The van der Waals surface area contributed by atoms with E-state index in [1.54, 1.807) is 10.1 Å². The summed E-state index contributed by atoms with van der Waals surface area (Å²) in [5.74, 6) is 0. The van der Waals surface area contributed by atoms with Crippen LogP contribution in [0.25, 0.3) is 0 Å². The van der Waals surface area contributed by atoms with E-state index in [2.05, 4.69) is 0 Å². The lowest BCUT2D eigenvalue weighted by Gasteiger charge is -0.803. The van der Waals surface area contributed by atoms with Crippen molar-refractivity contribution in [1.82, 2.24) is 6.15 Å². The first kappa shape index (κ1) is 38.7. The van der Waals surface area contributed by atoms with Crippen molar-refractivity contribution in [3.8, 4) is 0 Å². The predicted octanol–water partition coefficient (Wildman–Crippen LogP) is -1.16. The Bertz CT molecular complexity index is 6.00. The number of hydrogen-bond donors (Lipinski definition) is 1. The molecule has 26 valence electrons. The van der Waals surface area contributed by atoms with Gasteiger partial charge in [0, 0.05) is 0 Å². The lowest BCUT2D eigenvalue weighted by atomic mass is 14.0. The summed E-state index contributed by atoms with van der Waals surface area (Å²) in [5, 5.41) is 0. The van der Waals surface area contributed by atoms with Gasteiger partial charge in [0.1, 0.15) is 0 Å². The van der Waals surface area contributed by atoms with Crippen molar-refractivity contribution in [3.63, 3.8) is 0 Å². The van der Waals surface area contributed by atoms with Crippen molar-refractivity contribution in [3.05, 3.63) is 0 Å². The van der Waals surface area contributed by atoms with Gasteiger partial charge in [0.05, 0.1) is 0 Å². The third kappa shape index (κ3) is 427. The molecule has 0 saturated heterocycles. The molecule has 0 spiro atoms. The molecule has 0 unspecified atom stereocenters. The Morgan fingerprint density at radius 1 is 1.25 bits per heavy atom. The fourth-order valence-electron chi connectivity index (χ4n) is 0. The molecular weight excluding hydrogens is 74.1 g/mol. The van der Waals surface area contributed by atoms with Crippen LogP contribution in [0.3, 0.4) is 0 Å². The highest BCUT2D eigenvalue weighted by molar-refractivity contribution is 5.85. The fraction of sp³-hybridized carbons (Fsp3) is 0. The second-order valence-corrected chi connectivity index (χ2v) is 0. The van der Waals surface area contributed by atoms with E-state index in [0.717, 1.165) is 0 Å². The molecule has 0 rings (SSSR count). The molecule has 2 radical (unpaired) electrons. The highest BCUT2D eigenvalue weighted by Crippen LogP contribution is 0.469. The number of rotatable bonds is 0. The summed E-state index contributed by atoms with van der Waals surface area (Å²) in [4.78, 5) is 0. The lowest BCUT2D eigenvalue weighted by Crippen LogP contribution is -0.969. The van der Waals surface area contributed by atoms with Crippen molar-refractivity contribution in [2.45, 2.75) is 0 Å². The first-order valence-electron chi connectivity index (χ1n) is 0.204. The van der Waals surface area contributed by atoms with Gasteiger partial charge in [0.25, 0.3) is 0 Å². The maximum absolute atomic E-state index is 8.06. The monoisotopic (exact) mass is 79.0 g/mol. The van der Waals surface area contributed by atoms with Crippen LogP contribution in [0.15, 0.2) is 0 Å². The maximum atomic E-state index is 8.06. The highest BCUT2D eigenvalue weighted by atomic mass is 28.1. The van der Waals surface area contributed by atoms with Crippen LogP contribution < -0.4 is 6.15 Å². The summed E-state index contributed by atoms with van der Waals surface area (Å²) >= 11 is 0. The van der Waals surface area contributed by atoms with Gasteiger partial charge in [0.2, 0.25) is 0 Å². The molecule has 0 saturated carbocycles. The summed E-state index contributed by atoms with van der Waals surface area (Å²) < 4.78 is 8.06. The standard InChI is InChI=1S/H3N.OSi.H2O/c;1-2;/h1H3;;1H2. The van der Waals surface area contributed by atoms with E-state index in [-0.39, 0.29) is 11.6 Å². The zero-order valence-corrected chi connectivity index (χ0v) is 3.12. The van der Waals surface area contributed by atoms with Crippen LogP contribution in [0, 0.1) is 0 Å². The van der Waals surface area contributed by atoms with Crippen LogP contribution in [0.4, 0.5) is 0 Å². The van der Waals surface area contributed by atoms with E-state index in [9.17, 15) is 0 Å². The minimum atomic E-state index is 0. The van der Waals surface area contributed by atoms with Crippen molar-refractivity contribution >= 4 is 10.1 Å². The van der Waals surface area contributed by atoms with Gasteiger partial charge in [-0.1, -0.05) is 0 Å². The zero-order chi connectivity index (χ0) is 2.00. The fourth-order valence-corrected chi connectivity index (χ4v) is 0. The summed E-state index contributed by atoms with van der Waals surface area (Å²) in [5.41, 5.74) is 0. The molecule has 0 heterocycles. The molecular formula is H5NO2Si. The Morgan fingerprint density at radius 2 is 1.25 bits per heavy atom.